The van der Waals surface area contributed by atoms with Crippen LogP contribution < -0.4 is 16.0 Å². The van der Waals surface area contributed by atoms with Gasteiger partial charge in [-0.2, -0.15) is 13.2 Å². The molecule has 10 heteroatoms. The van der Waals surface area contributed by atoms with Crippen LogP contribution in [-0.4, -0.2) is 40.5 Å². The van der Waals surface area contributed by atoms with Crippen LogP contribution in [0, 0.1) is 5.92 Å². The van der Waals surface area contributed by atoms with Gasteiger partial charge in [-0.25, -0.2) is 0 Å². The molecule has 7 nitrogen and oxygen atoms in total. The molecule has 2 aromatic rings. The lowest BCUT2D eigenvalue weighted by atomic mass is 9.84. The fraction of sp³-hybridized carbons (Fsp3) is 0.522. The molecule has 0 spiro atoms. The van der Waals surface area contributed by atoms with Gasteiger partial charge < -0.3 is 15.5 Å². The lowest BCUT2D eigenvalue weighted by Crippen LogP contribution is -2.56. The number of amides is 1. The summed E-state index contributed by atoms with van der Waals surface area (Å²) in [6.45, 7) is 2.91. The topological polar surface area (TPSA) is 101 Å². The molecule has 2 fully saturated rings. The molecular weight excluding hydrogens is 437 g/mol. The Bertz CT molecular complexity index is 1070. The van der Waals surface area contributed by atoms with Gasteiger partial charge in [-0.05, 0) is 68.7 Å². The first-order valence-corrected chi connectivity index (χ1v) is 11.0. The second kappa shape index (κ2) is 8.81. The van der Waals surface area contributed by atoms with E-state index < -0.39 is 34.7 Å². The van der Waals surface area contributed by atoms with E-state index >= 15 is 0 Å². The van der Waals surface area contributed by atoms with Crippen molar-refractivity contribution in [1.29, 1.82) is 0 Å². The molecule has 1 aliphatic carbocycles. The number of likely N-dealkylation sites (tertiary alicyclic amines) is 1. The fourth-order valence-electron chi connectivity index (χ4n) is 4.40. The van der Waals surface area contributed by atoms with Crippen molar-refractivity contribution in [2.45, 2.75) is 50.2 Å². The maximum atomic E-state index is 13.6. The number of piperidine rings is 1. The molecule has 2 atom stereocenters. The number of carbonyl (C=O) groups is 1. The average molecular weight is 464 g/mol. The molecule has 1 saturated heterocycles. The highest BCUT2D eigenvalue weighted by atomic mass is 19.4. The molecule has 3 N–H and O–H groups in total. The van der Waals surface area contributed by atoms with Crippen LogP contribution in [0.15, 0.2) is 35.4 Å². The molecule has 1 unspecified atom stereocenters. The molecule has 3 heterocycles. The number of aromatic nitrogens is 2. The van der Waals surface area contributed by atoms with E-state index in [-0.39, 0.29) is 12.1 Å². The smallest absolute Gasteiger partial charge is 0.416 e. The third-order valence-electron chi connectivity index (χ3n) is 6.65. The first-order chi connectivity index (χ1) is 15.6. The van der Waals surface area contributed by atoms with Gasteiger partial charge in [0.05, 0.1) is 24.1 Å². The highest BCUT2D eigenvalue weighted by Gasteiger charge is 2.44. The number of rotatable bonds is 7. The Kier molecular flexibility index (Phi) is 6.22. The number of hydrogen-bond donors (Lipinski definition) is 2. The van der Waals surface area contributed by atoms with E-state index in [0.717, 1.165) is 19.0 Å². The van der Waals surface area contributed by atoms with Gasteiger partial charge in [-0.1, -0.05) is 0 Å². The van der Waals surface area contributed by atoms with Crippen molar-refractivity contribution in [2.24, 2.45) is 11.7 Å². The summed E-state index contributed by atoms with van der Waals surface area (Å²) < 4.78 is 46.5. The number of primary amides is 1. The standard InChI is InChI=1S/C23H27F3N4O3/c1-22(21(27)32,19-7-6-16(10-28-19)33-13-14-4-5-14)30-8-2-3-15(12-30)17-11-29-20(31)9-18(17)23(24,25)26/h6-7,9-11,14-15H,2-5,8,12-13H2,1H3,(H2,27,32)(H,29,31)/t15-,22?/m1/s1. The van der Waals surface area contributed by atoms with Crippen LogP contribution in [0.5, 0.6) is 5.75 Å². The third-order valence-corrected chi connectivity index (χ3v) is 6.65. The number of H-pyrrole nitrogens is 1. The van der Waals surface area contributed by atoms with Crippen molar-refractivity contribution in [2.75, 3.05) is 19.7 Å². The fourth-order valence-corrected chi connectivity index (χ4v) is 4.40. The number of hydrogen-bond acceptors (Lipinski definition) is 5. The molecule has 1 amide bonds. The predicted molar refractivity (Wildman–Crippen MR) is 115 cm³/mol. The quantitative estimate of drug-likeness (QED) is 0.656. The number of aromatic amines is 1. The minimum Gasteiger partial charge on any atom is -0.492 e. The Hall–Kier alpha value is -2.88. The van der Waals surface area contributed by atoms with Crippen LogP contribution in [0.3, 0.4) is 0 Å². The number of nitrogens with two attached hydrogens (primary N) is 1. The van der Waals surface area contributed by atoms with E-state index in [9.17, 15) is 22.8 Å². The van der Waals surface area contributed by atoms with Gasteiger partial charge in [0.15, 0.2) is 0 Å². The second-order valence-corrected chi connectivity index (χ2v) is 9.02. The molecule has 2 aromatic heterocycles. The summed E-state index contributed by atoms with van der Waals surface area (Å²) in [5, 5.41) is 0. The van der Waals surface area contributed by atoms with Crippen LogP contribution >= 0.6 is 0 Å². The highest BCUT2D eigenvalue weighted by molar-refractivity contribution is 5.85. The number of alkyl halides is 3. The number of ether oxygens (including phenoxy) is 1. The lowest BCUT2D eigenvalue weighted by Gasteiger charge is -2.43. The van der Waals surface area contributed by atoms with E-state index in [4.69, 9.17) is 10.5 Å². The zero-order chi connectivity index (χ0) is 23.8. The first kappa shape index (κ1) is 23.3. The normalized spacial score (nSPS) is 21.4. The van der Waals surface area contributed by atoms with Crippen LogP contribution in [0.4, 0.5) is 13.2 Å². The van der Waals surface area contributed by atoms with Crippen molar-refractivity contribution >= 4 is 5.91 Å². The van der Waals surface area contributed by atoms with Gasteiger partial charge in [0.2, 0.25) is 11.5 Å². The molecule has 0 aromatic carbocycles. The summed E-state index contributed by atoms with van der Waals surface area (Å²) in [6.07, 6.45) is 1.39. The maximum Gasteiger partial charge on any atom is 0.416 e. The van der Waals surface area contributed by atoms with E-state index in [1.54, 1.807) is 30.2 Å². The maximum absolute atomic E-state index is 13.6. The molecule has 33 heavy (non-hydrogen) atoms. The molecule has 0 bridgehead atoms. The van der Waals surface area contributed by atoms with E-state index in [0.29, 0.717) is 49.4 Å². The van der Waals surface area contributed by atoms with Crippen molar-refractivity contribution in [3.05, 3.63) is 57.8 Å². The van der Waals surface area contributed by atoms with Gasteiger partial charge in [0.25, 0.3) is 0 Å². The largest absolute Gasteiger partial charge is 0.492 e. The van der Waals surface area contributed by atoms with E-state index in [1.165, 1.54) is 0 Å². The lowest BCUT2D eigenvalue weighted by molar-refractivity contribution is -0.139. The van der Waals surface area contributed by atoms with Crippen molar-refractivity contribution in [1.82, 2.24) is 14.9 Å². The Labute approximate surface area is 189 Å². The number of carbonyl (C=O) groups excluding carboxylic acids is 1. The Morgan fingerprint density at radius 2 is 2.06 bits per heavy atom. The molecule has 0 radical (unpaired) electrons. The Balaban J connectivity index is 1.60. The third kappa shape index (κ3) is 4.90. The second-order valence-electron chi connectivity index (χ2n) is 9.02. The zero-order valence-corrected chi connectivity index (χ0v) is 18.3. The summed E-state index contributed by atoms with van der Waals surface area (Å²) in [5.74, 6) is 0.00395. The summed E-state index contributed by atoms with van der Waals surface area (Å²) in [7, 11) is 0. The van der Waals surface area contributed by atoms with Crippen LogP contribution in [0.25, 0.3) is 0 Å². The number of halogens is 3. The van der Waals surface area contributed by atoms with Crippen molar-refractivity contribution < 1.29 is 22.7 Å². The Morgan fingerprint density at radius 3 is 2.67 bits per heavy atom. The summed E-state index contributed by atoms with van der Waals surface area (Å²) in [6, 6.07) is 4.00. The monoisotopic (exact) mass is 464 g/mol. The minimum absolute atomic E-state index is 0.00963. The van der Waals surface area contributed by atoms with E-state index in [2.05, 4.69) is 9.97 Å². The average Bonchev–Trinajstić information content (AvgIpc) is 3.61. The molecular formula is C23H27F3N4O3. The Morgan fingerprint density at radius 1 is 1.30 bits per heavy atom. The molecule has 2 aliphatic rings. The number of nitrogens with one attached hydrogen (secondary N) is 1. The zero-order valence-electron chi connectivity index (χ0n) is 18.3. The van der Waals surface area contributed by atoms with Gasteiger partial charge >= 0.3 is 6.18 Å². The summed E-state index contributed by atoms with van der Waals surface area (Å²) >= 11 is 0. The minimum atomic E-state index is -4.66. The number of pyridine rings is 2. The SMILES string of the molecule is CC(C(N)=O)(c1ccc(OCC2CC2)cn1)N1CCC[C@@H](c2c[nH]c(=O)cc2C(F)(F)F)C1. The van der Waals surface area contributed by atoms with Crippen LogP contribution in [0.2, 0.25) is 0 Å². The molecule has 4 rings (SSSR count). The van der Waals surface area contributed by atoms with Gasteiger partial charge in [-0.3, -0.25) is 19.5 Å². The summed E-state index contributed by atoms with van der Waals surface area (Å²) in [5.41, 5.74) is 3.15. The van der Waals surface area contributed by atoms with Crippen molar-refractivity contribution in [3.63, 3.8) is 0 Å². The predicted octanol–water partition coefficient (Wildman–Crippen LogP) is 3.16. The molecule has 1 aliphatic heterocycles. The molecule has 1 saturated carbocycles. The molecule has 178 valence electrons. The van der Waals surface area contributed by atoms with Crippen molar-refractivity contribution in [3.8, 4) is 5.75 Å². The van der Waals surface area contributed by atoms with Crippen LogP contribution in [0.1, 0.15) is 55.3 Å². The van der Waals surface area contributed by atoms with E-state index in [1.807, 2.05) is 0 Å². The van der Waals surface area contributed by atoms with Crippen LogP contribution in [-0.2, 0) is 16.5 Å². The highest BCUT2D eigenvalue weighted by Crippen LogP contribution is 2.40. The van der Waals surface area contributed by atoms with Gasteiger partial charge in [-0.15, -0.1) is 0 Å². The summed E-state index contributed by atoms with van der Waals surface area (Å²) in [4.78, 5) is 32.7. The first-order valence-electron chi connectivity index (χ1n) is 11.0. The van der Waals surface area contributed by atoms with Gasteiger partial charge in [0, 0.05) is 18.8 Å². The number of nitrogens with zero attached hydrogens (tertiary/aromatic N) is 2. The van der Waals surface area contributed by atoms with Gasteiger partial charge in [0.1, 0.15) is 11.3 Å².